The fourth-order valence-corrected chi connectivity index (χ4v) is 6.09. The van der Waals surface area contributed by atoms with Gasteiger partial charge in [0, 0.05) is 39.8 Å². The van der Waals surface area contributed by atoms with Gasteiger partial charge in [-0.25, -0.2) is 4.39 Å². The summed E-state index contributed by atoms with van der Waals surface area (Å²) < 4.78 is 20.7. The van der Waals surface area contributed by atoms with Crippen LogP contribution in [0.1, 0.15) is 28.5 Å². The predicted octanol–water partition coefficient (Wildman–Crippen LogP) is 4.16. The van der Waals surface area contributed by atoms with Crippen LogP contribution in [0.15, 0.2) is 41.5 Å². The van der Waals surface area contributed by atoms with Crippen molar-refractivity contribution in [2.45, 2.75) is 26.1 Å². The van der Waals surface area contributed by atoms with E-state index in [1.807, 2.05) is 10.6 Å². The summed E-state index contributed by atoms with van der Waals surface area (Å²) in [5, 5.41) is 0.800. The molecule has 0 radical (unpaired) electrons. The molecule has 1 aromatic carbocycles. The van der Waals surface area contributed by atoms with E-state index in [2.05, 4.69) is 31.8 Å². The lowest BCUT2D eigenvalue weighted by molar-refractivity contribution is -0.131. The number of pyridine rings is 2. The molecule has 1 aliphatic heterocycles. The molecule has 4 rings (SSSR count). The lowest BCUT2D eigenvalue weighted by Crippen LogP contribution is -2.46. The molecule has 184 valence electrons. The summed E-state index contributed by atoms with van der Waals surface area (Å²) in [5.41, 5.74) is 3.36. The van der Waals surface area contributed by atoms with E-state index < -0.39 is 12.5 Å². The maximum absolute atomic E-state index is 13.7. The Morgan fingerprint density at radius 1 is 1.23 bits per heavy atom. The maximum Gasteiger partial charge on any atom is 0.308 e. The van der Waals surface area contributed by atoms with Gasteiger partial charge in [0.05, 0.1) is 5.39 Å². The van der Waals surface area contributed by atoms with Crippen molar-refractivity contribution in [2.75, 3.05) is 33.5 Å². The maximum atomic E-state index is 13.7. The molecule has 10 heteroatoms. The minimum atomic E-state index is -1.39. The molecule has 0 aliphatic carbocycles. The van der Waals surface area contributed by atoms with Crippen LogP contribution in [0.5, 0.6) is 5.75 Å². The van der Waals surface area contributed by atoms with Gasteiger partial charge >= 0.3 is 5.97 Å². The van der Waals surface area contributed by atoms with Gasteiger partial charge in [0.1, 0.15) is 16.8 Å². The molecular formula is C25H29FN4O3P2. The highest BCUT2D eigenvalue weighted by Gasteiger charge is 2.32. The van der Waals surface area contributed by atoms with E-state index in [-0.39, 0.29) is 23.2 Å². The Balaban J connectivity index is 1.85. The number of amides is 1. The molecule has 1 amide bonds. The number of hydrogen-bond donors (Lipinski definition) is 0. The Hall–Kier alpha value is -2.82. The van der Waals surface area contributed by atoms with E-state index in [0.29, 0.717) is 37.1 Å². The molecule has 7 nitrogen and oxygen atoms in total. The third-order valence-corrected chi connectivity index (χ3v) is 7.51. The van der Waals surface area contributed by atoms with Gasteiger partial charge in [0.25, 0.3) is 5.91 Å². The molecule has 3 aromatic rings. The Bertz CT molecular complexity index is 1430. The average molecular weight is 514 g/mol. The number of ether oxygens (including phenoxy) is 1. The van der Waals surface area contributed by atoms with Crippen molar-refractivity contribution in [2.24, 2.45) is 4.99 Å². The fraction of sp³-hybridized carbons (Fsp3) is 0.360. The number of nitrogens with zero attached hydrogens (tertiary/aromatic N) is 4. The lowest BCUT2D eigenvalue weighted by atomic mass is 10.1. The molecule has 0 saturated heterocycles. The van der Waals surface area contributed by atoms with E-state index in [4.69, 9.17) is 4.74 Å². The summed E-state index contributed by atoms with van der Waals surface area (Å²) >= 11 is 0. The fourth-order valence-electron chi connectivity index (χ4n) is 4.46. The minimum absolute atomic E-state index is 0.170. The first-order valence-electron chi connectivity index (χ1n) is 11.4. The van der Waals surface area contributed by atoms with Crippen LogP contribution in [0.3, 0.4) is 0 Å². The van der Waals surface area contributed by atoms with Gasteiger partial charge in [-0.05, 0) is 55.2 Å². The number of rotatable bonds is 6. The first-order chi connectivity index (χ1) is 16.6. The van der Waals surface area contributed by atoms with E-state index in [1.165, 1.54) is 19.1 Å². The van der Waals surface area contributed by atoms with Gasteiger partial charge in [-0.3, -0.25) is 19.6 Å². The van der Waals surface area contributed by atoms with Crippen molar-refractivity contribution in [3.8, 4) is 5.75 Å². The van der Waals surface area contributed by atoms with Crippen molar-refractivity contribution in [1.82, 2.24) is 14.5 Å². The highest BCUT2D eigenvalue weighted by Crippen LogP contribution is 2.47. The summed E-state index contributed by atoms with van der Waals surface area (Å²) in [6.07, 6.45) is 3.06. The van der Waals surface area contributed by atoms with Crippen LogP contribution >= 0.6 is 15.1 Å². The second-order valence-electron chi connectivity index (χ2n) is 9.18. The van der Waals surface area contributed by atoms with Crippen LogP contribution in [0.25, 0.3) is 10.9 Å². The van der Waals surface area contributed by atoms with Gasteiger partial charge in [0.15, 0.2) is 11.4 Å². The summed E-state index contributed by atoms with van der Waals surface area (Å²) in [7, 11) is 5.58. The highest BCUT2D eigenvalue weighted by molar-refractivity contribution is 7.97. The van der Waals surface area contributed by atoms with Crippen LogP contribution < -0.4 is 10.2 Å². The quantitative estimate of drug-likeness (QED) is 0.366. The number of carbonyl (C=O) groups is 2. The van der Waals surface area contributed by atoms with E-state index in [9.17, 15) is 14.0 Å². The number of esters is 1. The topological polar surface area (TPSA) is 76.8 Å². The van der Waals surface area contributed by atoms with Gasteiger partial charge in [0.2, 0.25) is 0 Å². The number of hydrogen-bond acceptors (Lipinski definition) is 5. The molecule has 0 fully saturated rings. The largest absolute Gasteiger partial charge is 0.422 e. The van der Waals surface area contributed by atoms with Crippen LogP contribution in [0, 0.1) is 5.82 Å². The lowest BCUT2D eigenvalue weighted by Gasteiger charge is -2.32. The van der Waals surface area contributed by atoms with E-state index in [0.717, 1.165) is 22.7 Å². The van der Waals surface area contributed by atoms with Crippen LogP contribution in [0.2, 0.25) is 0 Å². The Labute approximate surface area is 206 Å². The number of fused-ring (bicyclic) bond motifs is 2. The molecule has 0 N–H and O–H groups in total. The summed E-state index contributed by atoms with van der Waals surface area (Å²) in [4.78, 5) is 36.6. The molecule has 0 spiro atoms. The monoisotopic (exact) mass is 514 g/mol. The molecule has 2 aromatic heterocycles. The molecule has 3 heterocycles. The average Bonchev–Trinajstić information content (AvgIpc) is 2.78. The van der Waals surface area contributed by atoms with Crippen LogP contribution in [0.4, 0.5) is 4.39 Å². The summed E-state index contributed by atoms with van der Waals surface area (Å²) in [6, 6.07) is 8.23. The highest BCUT2D eigenvalue weighted by atomic mass is 31.8. The van der Waals surface area contributed by atoms with Crippen LogP contribution in [-0.4, -0.2) is 59.8 Å². The second kappa shape index (κ2) is 10.0. The predicted molar refractivity (Wildman–Crippen MR) is 139 cm³/mol. The Morgan fingerprint density at radius 3 is 2.57 bits per heavy atom. The first kappa shape index (κ1) is 25.3. The van der Waals surface area contributed by atoms with Crippen molar-refractivity contribution in [3.05, 3.63) is 64.7 Å². The molecule has 35 heavy (non-hydrogen) atoms. The van der Waals surface area contributed by atoms with E-state index >= 15 is 0 Å². The molecule has 0 bridgehead atoms. The Morgan fingerprint density at radius 2 is 1.94 bits per heavy atom. The van der Waals surface area contributed by atoms with Gasteiger partial charge in [-0.15, -0.1) is 8.53 Å². The minimum Gasteiger partial charge on any atom is -0.422 e. The number of benzene rings is 1. The Kier molecular flexibility index (Phi) is 7.25. The smallest absolute Gasteiger partial charge is 0.308 e. The second-order valence-corrected chi connectivity index (χ2v) is 16.5. The van der Waals surface area contributed by atoms with E-state index in [1.54, 1.807) is 30.3 Å². The normalized spacial score (nSPS) is 14.4. The molecular weight excluding hydrogens is 485 g/mol. The van der Waals surface area contributed by atoms with Crippen molar-refractivity contribution < 1.29 is 18.7 Å². The third kappa shape index (κ3) is 5.39. The molecule has 0 atom stereocenters. The molecule has 1 aliphatic rings. The number of carbonyl (C=O) groups excluding carboxylic acids is 2. The van der Waals surface area contributed by atoms with Crippen molar-refractivity contribution >= 4 is 37.9 Å². The zero-order valence-corrected chi connectivity index (χ0v) is 22.2. The summed E-state index contributed by atoms with van der Waals surface area (Å²) in [6.45, 7) is 5.73. The zero-order chi connectivity index (χ0) is 25.3. The van der Waals surface area contributed by atoms with Gasteiger partial charge in [-0.2, -0.15) is 0 Å². The molecule has 0 saturated carbocycles. The zero-order valence-electron chi connectivity index (χ0n) is 20.3. The first-order valence-corrected chi connectivity index (χ1v) is 15.6. The van der Waals surface area contributed by atoms with Crippen molar-refractivity contribution in [3.63, 3.8) is 0 Å². The SMILES string of the molecule is CN=c1c2c(CP(C)(C)=P)ccnc2c(OC(C)=O)c2n1CCN(CCc1ccc(F)cc1)C2=O. The van der Waals surface area contributed by atoms with Gasteiger partial charge < -0.3 is 14.2 Å². The summed E-state index contributed by atoms with van der Waals surface area (Å²) in [5.74, 6) is -0.893. The van der Waals surface area contributed by atoms with Crippen molar-refractivity contribution in [1.29, 1.82) is 0 Å². The van der Waals surface area contributed by atoms with Crippen LogP contribution in [-0.2, 0) is 23.9 Å². The standard InChI is InChI=1S/C25H29FN4O3P2/c1-16(31)33-23-21-20(18(9-11-28-21)15-35(3,4)34)24(27-2)30-14-13-29(25(32)22(23)30)12-10-17-5-7-19(26)8-6-17/h5-9,11,34H,10,12-15H2,1-4H3. The number of aromatic nitrogens is 2. The number of halogens is 1. The van der Waals surface area contributed by atoms with Gasteiger partial charge in [-0.1, -0.05) is 18.7 Å². The molecule has 0 unspecified atom stereocenters. The third-order valence-electron chi connectivity index (χ3n) is 5.91.